The van der Waals surface area contributed by atoms with Gasteiger partial charge in [-0.3, -0.25) is 4.79 Å². The van der Waals surface area contributed by atoms with Crippen molar-refractivity contribution in [1.82, 2.24) is 10.5 Å². The molecule has 128 valence electrons. The summed E-state index contributed by atoms with van der Waals surface area (Å²) in [5, 5.41) is 6.95. The van der Waals surface area contributed by atoms with Crippen molar-refractivity contribution in [2.75, 3.05) is 19.8 Å². The lowest BCUT2D eigenvalue weighted by Gasteiger charge is -2.08. The first kappa shape index (κ1) is 16.7. The zero-order valence-electron chi connectivity index (χ0n) is 13.9. The number of aryl methyl sites for hydroxylation is 2. The average molecular weight is 328 g/mol. The molecule has 1 fully saturated rings. The predicted molar refractivity (Wildman–Crippen MR) is 90.6 cm³/mol. The largest absolute Gasteiger partial charge is 0.381 e. The number of nitrogens with one attached hydrogen (secondary N) is 1. The zero-order valence-corrected chi connectivity index (χ0v) is 13.9. The highest BCUT2D eigenvalue weighted by Gasteiger charge is 2.17. The summed E-state index contributed by atoms with van der Waals surface area (Å²) in [6.45, 7) is 2.23. The van der Waals surface area contributed by atoms with Crippen LogP contribution < -0.4 is 5.32 Å². The molecule has 1 atom stereocenters. The van der Waals surface area contributed by atoms with Crippen LogP contribution in [0.1, 0.15) is 29.9 Å². The average Bonchev–Trinajstić information content (AvgIpc) is 3.26. The third-order valence-electron chi connectivity index (χ3n) is 4.29. The van der Waals surface area contributed by atoms with Gasteiger partial charge in [0.05, 0.1) is 18.7 Å². The standard InChI is InChI=1S/C19H24N2O3/c22-19(20-13-16-9-10-23-14-16)12-17-11-18(24-21-17)8-4-7-15-5-2-1-3-6-15/h1-3,5-6,11,16H,4,7-10,12-14H2,(H,20,22). The molecule has 1 aliphatic rings. The van der Waals surface area contributed by atoms with Crippen LogP contribution in [0.3, 0.4) is 0 Å². The van der Waals surface area contributed by atoms with Gasteiger partial charge in [0.2, 0.25) is 5.91 Å². The maximum atomic E-state index is 11.9. The third kappa shape index (κ3) is 5.20. The molecule has 0 aliphatic carbocycles. The molecule has 0 bridgehead atoms. The first-order valence-electron chi connectivity index (χ1n) is 8.62. The van der Waals surface area contributed by atoms with E-state index < -0.39 is 0 Å². The minimum atomic E-state index is -0.00830. The molecule has 24 heavy (non-hydrogen) atoms. The van der Waals surface area contributed by atoms with Crippen molar-refractivity contribution >= 4 is 5.91 Å². The number of aromatic nitrogens is 1. The fourth-order valence-corrected chi connectivity index (χ4v) is 2.90. The molecular weight excluding hydrogens is 304 g/mol. The Kier molecular flexibility index (Phi) is 6.01. The van der Waals surface area contributed by atoms with Crippen LogP contribution in [-0.2, 0) is 28.8 Å². The molecule has 5 heteroatoms. The normalized spacial score (nSPS) is 17.1. The van der Waals surface area contributed by atoms with E-state index in [1.807, 2.05) is 12.1 Å². The molecule has 2 heterocycles. The van der Waals surface area contributed by atoms with E-state index >= 15 is 0 Å². The number of hydrogen-bond donors (Lipinski definition) is 1. The van der Waals surface area contributed by atoms with Crippen molar-refractivity contribution in [2.24, 2.45) is 5.92 Å². The van der Waals surface area contributed by atoms with Crippen molar-refractivity contribution < 1.29 is 14.1 Å². The van der Waals surface area contributed by atoms with E-state index in [-0.39, 0.29) is 12.3 Å². The monoisotopic (exact) mass is 328 g/mol. The maximum absolute atomic E-state index is 11.9. The van der Waals surface area contributed by atoms with Crippen LogP contribution in [0.5, 0.6) is 0 Å². The fraction of sp³-hybridized carbons (Fsp3) is 0.474. The van der Waals surface area contributed by atoms with E-state index in [0.717, 1.165) is 44.7 Å². The van der Waals surface area contributed by atoms with Gasteiger partial charge in [-0.15, -0.1) is 0 Å². The Bertz CT molecular complexity index is 633. The summed E-state index contributed by atoms with van der Waals surface area (Å²) >= 11 is 0. The van der Waals surface area contributed by atoms with E-state index in [1.165, 1.54) is 5.56 Å². The van der Waals surface area contributed by atoms with Crippen LogP contribution in [0.4, 0.5) is 0 Å². The number of amides is 1. The molecule has 1 aliphatic heterocycles. The third-order valence-corrected chi connectivity index (χ3v) is 4.29. The van der Waals surface area contributed by atoms with Crippen molar-refractivity contribution in [3.8, 4) is 0 Å². The Balaban J connectivity index is 1.37. The number of benzene rings is 1. The van der Waals surface area contributed by atoms with E-state index in [4.69, 9.17) is 9.26 Å². The maximum Gasteiger partial charge on any atom is 0.226 e. The molecule has 3 rings (SSSR count). The SMILES string of the molecule is O=C(Cc1cc(CCCc2ccccc2)on1)NCC1CCOC1. The summed E-state index contributed by atoms with van der Waals surface area (Å²) in [7, 11) is 0. The highest BCUT2D eigenvalue weighted by Crippen LogP contribution is 2.12. The number of carbonyl (C=O) groups is 1. The van der Waals surface area contributed by atoms with Crippen molar-refractivity contribution in [3.63, 3.8) is 0 Å². The summed E-state index contributed by atoms with van der Waals surface area (Å²) in [4.78, 5) is 11.9. The van der Waals surface area contributed by atoms with Gasteiger partial charge < -0.3 is 14.6 Å². The Labute approximate surface area is 142 Å². The van der Waals surface area contributed by atoms with Gasteiger partial charge in [0.1, 0.15) is 5.76 Å². The van der Waals surface area contributed by atoms with E-state index in [1.54, 1.807) is 0 Å². The van der Waals surface area contributed by atoms with Gasteiger partial charge in [0, 0.05) is 31.6 Å². The van der Waals surface area contributed by atoms with E-state index in [9.17, 15) is 4.79 Å². The van der Waals surface area contributed by atoms with Gasteiger partial charge >= 0.3 is 0 Å². The second-order valence-electron chi connectivity index (χ2n) is 6.33. The number of nitrogens with zero attached hydrogens (tertiary/aromatic N) is 1. The molecule has 0 radical (unpaired) electrons. The first-order chi connectivity index (χ1) is 11.8. The van der Waals surface area contributed by atoms with Gasteiger partial charge in [0.25, 0.3) is 0 Å². The second kappa shape index (κ2) is 8.64. The Hall–Kier alpha value is -2.14. The Morgan fingerprint density at radius 2 is 2.12 bits per heavy atom. The molecular formula is C19H24N2O3. The molecule has 0 saturated carbocycles. The van der Waals surface area contributed by atoms with Crippen LogP contribution in [-0.4, -0.2) is 30.8 Å². The van der Waals surface area contributed by atoms with Gasteiger partial charge in [0.15, 0.2) is 0 Å². The summed E-state index contributed by atoms with van der Waals surface area (Å²) in [6, 6.07) is 12.3. The van der Waals surface area contributed by atoms with Crippen LogP contribution in [0.15, 0.2) is 40.9 Å². The van der Waals surface area contributed by atoms with E-state index in [2.05, 4.69) is 34.7 Å². The van der Waals surface area contributed by atoms with Crippen LogP contribution in [0.2, 0.25) is 0 Å². The van der Waals surface area contributed by atoms with Crippen LogP contribution >= 0.6 is 0 Å². The second-order valence-corrected chi connectivity index (χ2v) is 6.33. The first-order valence-corrected chi connectivity index (χ1v) is 8.62. The smallest absolute Gasteiger partial charge is 0.226 e. The molecule has 2 aromatic rings. The molecule has 0 spiro atoms. The minimum absolute atomic E-state index is 0.00830. The van der Waals surface area contributed by atoms with Gasteiger partial charge in [-0.25, -0.2) is 0 Å². The highest BCUT2D eigenvalue weighted by molar-refractivity contribution is 5.78. The van der Waals surface area contributed by atoms with E-state index in [0.29, 0.717) is 18.2 Å². The van der Waals surface area contributed by atoms with Gasteiger partial charge in [-0.2, -0.15) is 0 Å². The number of rotatable bonds is 8. The molecule has 1 amide bonds. The van der Waals surface area contributed by atoms with Crippen LogP contribution in [0.25, 0.3) is 0 Å². The molecule has 5 nitrogen and oxygen atoms in total. The molecule has 1 unspecified atom stereocenters. The van der Waals surface area contributed by atoms with Crippen LogP contribution in [0, 0.1) is 5.92 Å². The molecule has 1 saturated heterocycles. The Morgan fingerprint density at radius 3 is 2.92 bits per heavy atom. The minimum Gasteiger partial charge on any atom is -0.381 e. The lowest BCUT2D eigenvalue weighted by Crippen LogP contribution is -2.30. The van der Waals surface area contributed by atoms with Crippen molar-refractivity contribution in [2.45, 2.75) is 32.1 Å². The molecule has 1 aromatic heterocycles. The topological polar surface area (TPSA) is 64.4 Å². The highest BCUT2D eigenvalue weighted by atomic mass is 16.5. The molecule has 1 aromatic carbocycles. The van der Waals surface area contributed by atoms with Crippen molar-refractivity contribution in [1.29, 1.82) is 0 Å². The van der Waals surface area contributed by atoms with Gasteiger partial charge in [-0.1, -0.05) is 35.5 Å². The Morgan fingerprint density at radius 1 is 1.25 bits per heavy atom. The zero-order chi connectivity index (χ0) is 16.6. The summed E-state index contributed by atoms with van der Waals surface area (Å²) in [6.07, 6.45) is 4.15. The lowest BCUT2D eigenvalue weighted by atomic mass is 10.1. The number of hydrogen-bond acceptors (Lipinski definition) is 4. The van der Waals surface area contributed by atoms with Gasteiger partial charge in [-0.05, 0) is 24.8 Å². The number of ether oxygens (including phenoxy) is 1. The quantitative estimate of drug-likeness (QED) is 0.809. The lowest BCUT2D eigenvalue weighted by molar-refractivity contribution is -0.120. The summed E-state index contributed by atoms with van der Waals surface area (Å²) in [5.74, 6) is 1.28. The fourth-order valence-electron chi connectivity index (χ4n) is 2.90. The molecule has 1 N–H and O–H groups in total. The summed E-state index contributed by atoms with van der Waals surface area (Å²) < 4.78 is 10.6. The number of carbonyl (C=O) groups excluding carboxylic acids is 1. The van der Waals surface area contributed by atoms with Crippen molar-refractivity contribution in [3.05, 3.63) is 53.4 Å². The predicted octanol–water partition coefficient (Wildman–Crippen LogP) is 2.55. The summed E-state index contributed by atoms with van der Waals surface area (Å²) in [5.41, 5.74) is 2.03.